The number of aryl methyl sites for hydroxylation is 1. The predicted octanol–water partition coefficient (Wildman–Crippen LogP) is 3.32. The first-order valence-corrected chi connectivity index (χ1v) is 9.41. The van der Waals surface area contributed by atoms with Crippen LogP contribution in [0.1, 0.15) is 31.9 Å². The van der Waals surface area contributed by atoms with Crippen molar-refractivity contribution in [3.8, 4) is 0 Å². The molecular weight excluding hydrogens is 348 g/mol. The average molecular weight is 375 g/mol. The maximum absolute atomic E-state index is 12.1. The van der Waals surface area contributed by atoms with E-state index in [-0.39, 0.29) is 22.0 Å². The monoisotopic (exact) mass is 374 g/mol. The molecule has 0 spiro atoms. The van der Waals surface area contributed by atoms with Crippen molar-refractivity contribution < 1.29 is 0 Å². The van der Waals surface area contributed by atoms with Gasteiger partial charge in [-0.3, -0.25) is 9.69 Å². The first-order chi connectivity index (χ1) is 12.3. The number of nitrogens with one attached hydrogen (secondary N) is 1. The van der Waals surface area contributed by atoms with Gasteiger partial charge in [0.25, 0.3) is 5.56 Å². The molecule has 1 atom stereocenters. The van der Waals surface area contributed by atoms with Crippen molar-refractivity contribution in [3.63, 3.8) is 0 Å². The van der Waals surface area contributed by atoms with Gasteiger partial charge in [0.1, 0.15) is 5.02 Å². The summed E-state index contributed by atoms with van der Waals surface area (Å²) < 4.78 is 1.25. The van der Waals surface area contributed by atoms with E-state index in [0.717, 1.165) is 26.1 Å². The molecule has 1 aromatic heterocycles. The minimum absolute atomic E-state index is 0.00136. The molecule has 0 saturated carbocycles. The lowest BCUT2D eigenvalue weighted by molar-refractivity contribution is 0.196. The van der Waals surface area contributed by atoms with Crippen molar-refractivity contribution in [2.24, 2.45) is 12.5 Å². The molecule has 26 heavy (non-hydrogen) atoms. The Morgan fingerprint density at radius 1 is 1.27 bits per heavy atom. The van der Waals surface area contributed by atoms with Crippen LogP contribution in [-0.2, 0) is 20.0 Å². The molecule has 2 aromatic rings. The minimum Gasteiger partial charge on any atom is -0.378 e. The molecule has 0 aliphatic carbocycles. The van der Waals surface area contributed by atoms with Gasteiger partial charge in [-0.25, -0.2) is 4.68 Å². The highest BCUT2D eigenvalue weighted by molar-refractivity contribution is 6.32. The zero-order valence-corrected chi connectivity index (χ0v) is 16.7. The zero-order valence-electron chi connectivity index (χ0n) is 15.9. The lowest BCUT2D eigenvalue weighted by Crippen LogP contribution is -2.46. The number of nitrogens with zero attached hydrogens (tertiary/aromatic N) is 3. The van der Waals surface area contributed by atoms with Gasteiger partial charge in [-0.15, -0.1) is 0 Å². The first-order valence-electron chi connectivity index (χ1n) is 9.03. The SMILES string of the molecule is Cn1ncc(NC(CN2CCc3ccccc3C2)C(C)(C)C)c(Cl)c1=O. The predicted molar refractivity (Wildman–Crippen MR) is 107 cm³/mol. The minimum atomic E-state index is -0.281. The van der Waals surface area contributed by atoms with Crippen molar-refractivity contribution in [1.29, 1.82) is 0 Å². The van der Waals surface area contributed by atoms with Gasteiger partial charge in [-0.1, -0.05) is 56.6 Å². The smallest absolute Gasteiger partial charge is 0.287 e. The van der Waals surface area contributed by atoms with Crippen LogP contribution in [0, 0.1) is 5.41 Å². The zero-order chi connectivity index (χ0) is 18.9. The lowest BCUT2D eigenvalue weighted by Gasteiger charge is -2.38. The van der Waals surface area contributed by atoms with Gasteiger partial charge in [-0.05, 0) is 23.0 Å². The van der Waals surface area contributed by atoms with E-state index in [1.807, 2.05) is 0 Å². The number of anilines is 1. The number of fused-ring (bicyclic) bond motifs is 1. The number of hydrogen-bond donors (Lipinski definition) is 1. The van der Waals surface area contributed by atoms with Gasteiger partial charge in [0.15, 0.2) is 0 Å². The summed E-state index contributed by atoms with van der Waals surface area (Å²) in [6, 6.07) is 8.78. The number of aromatic nitrogens is 2. The second kappa shape index (κ2) is 7.41. The molecule has 5 nitrogen and oxygen atoms in total. The summed E-state index contributed by atoms with van der Waals surface area (Å²) in [5.74, 6) is 0. The van der Waals surface area contributed by atoms with Crippen LogP contribution in [0.5, 0.6) is 0 Å². The molecule has 6 heteroatoms. The van der Waals surface area contributed by atoms with Gasteiger partial charge in [0.05, 0.1) is 11.9 Å². The molecule has 0 amide bonds. The van der Waals surface area contributed by atoms with E-state index in [0.29, 0.717) is 5.69 Å². The van der Waals surface area contributed by atoms with Crippen molar-refractivity contribution in [2.75, 3.05) is 18.4 Å². The Balaban J connectivity index is 1.78. The van der Waals surface area contributed by atoms with Crippen LogP contribution in [0.25, 0.3) is 0 Å². The molecule has 1 N–H and O–H groups in total. The fraction of sp³-hybridized carbons (Fsp3) is 0.500. The summed E-state index contributed by atoms with van der Waals surface area (Å²) in [7, 11) is 1.60. The number of benzene rings is 1. The van der Waals surface area contributed by atoms with Gasteiger partial charge in [0.2, 0.25) is 0 Å². The third-order valence-corrected chi connectivity index (χ3v) is 5.47. The molecule has 0 fully saturated rings. The highest BCUT2D eigenvalue weighted by Crippen LogP contribution is 2.28. The van der Waals surface area contributed by atoms with E-state index >= 15 is 0 Å². The average Bonchev–Trinajstić information content (AvgIpc) is 2.60. The second-order valence-corrected chi connectivity index (χ2v) is 8.50. The summed E-state index contributed by atoms with van der Waals surface area (Å²) in [6.07, 6.45) is 2.70. The van der Waals surface area contributed by atoms with Crippen molar-refractivity contribution in [3.05, 3.63) is 57.0 Å². The third kappa shape index (κ3) is 4.10. The highest BCUT2D eigenvalue weighted by Gasteiger charge is 2.29. The molecule has 1 aromatic carbocycles. The summed E-state index contributed by atoms with van der Waals surface area (Å²) in [5.41, 5.74) is 3.17. The van der Waals surface area contributed by atoms with Crippen molar-refractivity contribution in [1.82, 2.24) is 14.7 Å². The molecule has 0 saturated heterocycles. The molecular formula is C20H27ClN4O. The van der Waals surface area contributed by atoms with Crippen molar-refractivity contribution >= 4 is 17.3 Å². The first kappa shape index (κ1) is 18.9. The third-order valence-electron chi connectivity index (χ3n) is 5.10. The molecule has 1 aliphatic heterocycles. The maximum Gasteiger partial charge on any atom is 0.287 e. The molecule has 3 rings (SSSR count). The fourth-order valence-electron chi connectivity index (χ4n) is 3.30. The molecule has 1 aliphatic rings. The topological polar surface area (TPSA) is 50.2 Å². The summed E-state index contributed by atoms with van der Waals surface area (Å²) >= 11 is 6.25. The molecule has 140 valence electrons. The van der Waals surface area contributed by atoms with E-state index in [4.69, 9.17) is 11.6 Å². The van der Waals surface area contributed by atoms with Gasteiger partial charge in [0, 0.05) is 32.7 Å². The van der Waals surface area contributed by atoms with E-state index in [2.05, 4.69) is 60.4 Å². The van der Waals surface area contributed by atoms with Crippen LogP contribution >= 0.6 is 11.6 Å². The summed E-state index contributed by atoms with van der Waals surface area (Å²) in [4.78, 5) is 14.5. The van der Waals surface area contributed by atoms with Crippen LogP contribution in [0.4, 0.5) is 5.69 Å². The Kier molecular flexibility index (Phi) is 5.39. The highest BCUT2D eigenvalue weighted by atomic mass is 35.5. The molecule has 1 unspecified atom stereocenters. The maximum atomic E-state index is 12.1. The van der Waals surface area contributed by atoms with E-state index in [1.165, 1.54) is 15.8 Å². The Hall–Kier alpha value is -1.85. The van der Waals surface area contributed by atoms with Gasteiger partial charge < -0.3 is 5.32 Å². The Morgan fingerprint density at radius 3 is 2.65 bits per heavy atom. The summed E-state index contributed by atoms with van der Waals surface area (Å²) in [5, 5.41) is 7.77. The summed E-state index contributed by atoms with van der Waals surface area (Å²) in [6.45, 7) is 9.46. The number of rotatable bonds is 4. The molecule has 0 bridgehead atoms. The normalized spacial score (nSPS) is 16.2. The van der Waals surface area contributed by atoms with Crippen LogP contribution in [0.2, 0.25) is 5.02 Å². The van der Waals surface area contributed by atoms with Crippen LogP contribution in [-0.4, -0.2) is 33.8 Å². The van der Waals surface area contributed by atoms with Gasteiger partial charge in [-0.2, -0.15) is 5.10 Å². The Morgan fingerprint density at radius 2 is 1.96 bits per heavy atom. The quantitative estimate of drug-likeness (QED) is 0.891. The van der Waals surface area contributed by atoms with Crippen LogP contribution in [0.15, 0.2) is 35.3 Å². The van der Waals surface area contributed by atoms with E-state index in [1.54, 1.807) is 13.2 Å². The number of hydrogen-bond acceptors (Lipinski definition) is 4. The Bertz CT molecular complexity index is 840. The second-order valence-electron chi connectivity index (χ2n) is 8.12. The van der Waals surface area contributed by atoms with E-state index < -0.39 is 0 Å². The molecule has 0 radical (unpaired) electrons. The number of halogens is 1. The van der Waals surface area contributed by atoms with Crippen molar-refractivity contribution in [2.45, 2.75) is 39.8 Å². The molecule has 2 heterocycles. The van der Waals surface area contributed by atoms with Crippen LogP contribution in [0.3, 0.4) is 0 Å². The standard InChI is InChI=1S/C20H27ClN4O/c1-20(2,3)17(23-16-11-22-24(4)19(26)18(16)21)13-25-10-9-14-7-5-6-8-15(14)12-25/h5-8,11,17,23H,9-10,12-13H2,1-4H3. The fourth-order valence-corrected chi connectivity index (χ4v) is 3.53. The van der Waals surface area contributed by atoms with Gasteiger partial charge >= 0.3 is 0 Å². The van der Waals surface area contributed by atoms with E-state index in [9.17, 15) is 4.79 Å². The largest absolute Gasteiger partial charge is 0.378 e. The van der Waals surface area contributed by atoms with Crippen LogP contribution < -0.4 is 10.9 Å². The lowest BCUT2D eigenvalue weighted by atomic mass is 9.85. The Labute approximate surface area is 160 Å².